The van der Waals surface area contributed by atoms with E-state index in [1.165, 1.54) is 9.75 Å². The van der Waals surface area contributed by atoms with Crippen LogP contribution in [0.3, 0.4) is 0 Å². The smallest absolute Gasteiger partial charge is 0.0545 e. The van der Waals surface area contributed by atoms with Gasteiger partial charge in [0.05, 0.1) is 5.02 Å². The highest BCUT2D eigenvalue weighted by Gasteiger charge is 2.19. The van der Waals surface area contributed by atoms with Gasteiger partial charge in [-0.1, -0.05) is 11.6 Å². The SMILES string of the molecule is Cc1sc(C(C)N2CCNCC2)cc1Cl. The third-order valence-electron chi connectivity index (χ3n) is 2.99. The molecule has 1 aromatic heterocycles. The van der Waals surface area contributed by atoms with Crippen LogP contribution in [0.4, 0.5) is 0 Å². The van der Waals surface area contributed by atoms with Crippen LogP contribution in [0.1, 0.15) is 22.7 Å². The summed E-state index contributed by atoms with van der Waals surface area (Å²) in [6.45, 7) is 8.82. The van der Waals surface area contributed by atoms with Crippen molar-refractivity contribution in [2.24, 2.45) is 0 Å². The summed E-state index contributed by atoms with van der Waals surface area (Å²) in [5.41, 5.74) is 0. The van der Waals surface area contributed by atoms with Crippen LogP contribution in [0.5, 0.6) is 0 Å². The highest BCUT2D eigenvalue weighted by atomic mass is 35.5. The van der Waals surface area contributed by atoms with E-state index in [1.54, 1.807) is 0 Å². The van der Waals surface area contributed by atoms with Crippen LogP contribution >= 0.6 is 22.9 Å². The van der Waals surface area contributed by atoms with E-state index < -0.39 is 0 Å². The molecule has 0 radical (unpaired) electrons. The van der Waals surface area contributed by atoms with Crippen LogP contribution in [-0.4, -0.2) is 31.1 Å². The summed E-state index contributed by atoms with van der Waals surface area (Å²) in [4.78, 5) is 5.13. The molecule has 0 spiro atoms. The molecule has 4 heteroatoms. The number of nitrogens with one attached hydrogen (secondary N) is 1. The van der Waals surface area contributed by atoms with Gasteiger partial charge in [0.25, 0.3) is 0 Å². The van der Waals surface area contributed by atoms with Gasteiger partial charge in [-0.2, -0.15) is 0 Å². The Morgan fingerprint density at radius 2 is 2.13 bits per heavy atom. The summed E-state index contributed by atoms with van der Waals surface area (Å²) in [6.07, 6.45) is 0. The van der Waals surface area contributed by atoms with E-state index in [0.29, 0.717) is 6.04 Å². The van der Waals surface area contributed by atoms with Crippen LogP contribution in [0.2, 0.25) is 5.02 Å². The standard InChI is InChI=1S/C11H17ClN2S/c1-8(14-5-3-13-4-6-14)11-7-10(12)9(2)15-11/h7-8,13H,3-6H2,1-2H3. The summed E-state index contributed by atoms with van der Waals surface area (Å²) in [5.74, 6) is 0. The van der Waals surface area contributed by atoms with Crippen LogP contribution in [0, 0.1) is 6.92 Å². The summed E-state index contributed by atoms with van der Waals surface area (Å²) >= 11 is 7.91. The highest BCUT2D eigenvalue weighted by molar-refractivity contribution is 7.12. The molecule has 0 amide bonds. The Balaban J connectivity index is 2.08. The molecule has 0 aromatic carbocycles. The lowest BCUT2D eigenvalue weighted by atomic mass is 10.2. The molecule has 2 rings (SSSR count). The van der Waals surface area contributed by atoms with Crippen molar-refractivity contribution in [3.05, 3.63) is 20.8 Å². The fourth-order valence-corrected chi connectivity index (χ4v) is 3.24. The van der Waals surface area contributed by atoms with E-state index in [0.717, 1.165) is 31.2 Å². The number of hydrogen-bond donors (Lipinski definition) is 1. The lowest BCUT2D eigenvalue weighted by molar-refractivity contribution is 0.188. The van der Waals surface area contributed by atoms with Crippen molar-refractivity contribution < 1.29 is 0 Å². The molecule has 1 unspecified atom stereocenters. The molecule has 1 saturated heterocycles. The Hall–Kier alpha value is -0.0900. The maximum Gasteiger partial charge on any atom is 0.0545 e. The van der Waals surface area contributed by atoms with E-state index in [2.05, 4.69) is 30.1 Å². The molecule has 0 aliphatic carbocycles. The molecule has 15 heavy (non-hydrogen) atoms. The molecule has 1 atom stereocenters. The van der Waals surface area contributed by atoms with Crippen LogP contribution in [-0.2, 0) is 0 Å². The van der Waals surface area contributed by atoms with Gasteiger partial charge in [0.2, 0.25) is 0 Å². The van der Waals surface area contributed by atoms with Crippen molar-refractivity contribution in [2.45, 2.75) is 19.9 Å². The van der Waals surface area contributed by atoms with Gasteiger partial charge in [-0.15, -0.1) is 11.3 Å². The van der Waals surface area contributed by atoms with Crippen molar-refractivity contribution >= 4 is 22.9 Å². The van der Waals surface area contributed by atoms with Crippen molar-refractivity contribution in [1.29, 1.82) is 0 Å². The molecule has 1 aromatic rings. The highest BCUT2D eigenvalue weighted by Crippen LogP contribution is 2.32. The van der Waals surface area contributed by atoms with E-state index in [4.69, 9.17) is 11.6 Å². The summed E-state index contributed by atoms with van der Waals surface area (Å²) in [6, 6.07) is 2.62. The number of aryl methyl sites for hydroxylation is 1. The average molecular weight is 245 g/mol. The zero-order chi connectivity index (χ0) is 10.8. The van der Waals surface area contributed by atoms with Crippen LogP contribution in [0.15, 0.2) is 6.07 Å². The van der Waals surface area contributed by atoms with Gasteiger partial charge in [-0.25, -0.2) is 0 Å². The first-order valence-electron chi connectivity index (χ1n) is 5.39. The van der Waals surface area contributed by atoms with Gasteiger partial charge < -0.3 is 5.32 Å². The maximum absolute atomic E-state index is 6.09. The number of thiophene rings is 1. The number of piperazine rings is 1. The maximum atomic E-state index is 6.09. The topological polar surface area (TPSA) is 15.3 Å². The Labute approximate surface area is 100 Å². The molecule has 2 nitrogen and oxygen atoms in total. The largest absolute Gasteiger partial charge is 0.314 e. The minimum Gasteiger partial charge on any atom is -0.314 e. The Morgan fingerprint density at radius 1 is 1.47 bits per heavy atom. The Kier molecular flexibility index (Phi) is 3.67. The van der Waals surface area contributed by atoms with Gasteiger partial charge in [0, 0.05) is 42.0 Å². The van der Waals surface area contributed by atoms with E-state index in [9.17, 15) is 0 Å². The molecule has 2 heterocycles. The summed E-state index contributed by atoms with van der Waals surface area (Å²) in [5, 5.41) is 4.29. The fraction of sp³-hybridized carbons (Fsp3) is 0.636. The first-order valence-corrected chi connectivity index (χ1v) is 6.58. The molecule has 84 valence electrons. The van der Waals surface area contributed by atoms with Gasteiger partial charge in [0.1, 0.15) is 0 Å². The number of halogens is 1. The van der Waals surface area contributed by atoms with Gasteiger partial charge in [-0.05, 0) is 19.9 Å². The summed E-state index contributed by atoms with van der Waals surface area (Å²) < 4.78 is 0. The average Bonchev–Trinajstić information content (AvgIpc) is 2.59. The molecule has 1 N–H and O–H groups in total. The van der Waals surface area contributed by atoms with Crippen LogP contribution in [0.25, 0.3) is 0 Å². The van der Waals surface area contributed by atoms with Crippen molar-refractivity contribution in [3.63, 3.8) is 0 Å². The third-order valence-corrected chi connectivity index (χ3v) is 4.71. The Morgan fingerprint density at radius 3 is 2.67 bits per heavy atom. The van der Waals surface area contributed by atoms with Crippen LogP contribution < -0.4 is 5.32 Å². The quantitative estimate of drug-likeness (QED) is 0.861. The van der Waals surface area contributed by atoms with Crippen molar-refractivity contribution in [3.8, 4) is 0 Å². The second kappa shape index (κ2) is 4.83. The third kappa shape index (κ3) is 2.53. The molecule has 1 aliphatic rings. The summed E-state index contributed by atoms with van der Waals surface area (Å²) in [7, 11) is 0. The second-order valence-electron chi connectivity index (χ2n) is 4.01. The van der Waals surface area contributed by atoms with Crippen molar-refractivity contribution in [1.82, 2.24) is 10.2 Å². The van der Waals surface area contributed by atoms with Gasteiger partial charge in [-0.3, -0.25) is 4.90 Å². The molecule has 0 saturated carbocycles. The number of nitrogens with zero attached hydrogens (tertiary/aromatic N) is 1. The first kappa shape index (κ1) is 11.4. The van der Waals surface area contributed by atoms with Gasteiger partial charge >= 0.3 is 0 Å². The lowest BCUT2D eigenvalue weighted by Crippen LogP contribution is -2.44. The number of hydrogen-bond acceptors (Lipinski definition) is 3. The molecule has 1 aliphatic heterocycles. The van der Waals surface area contributed by atoms with Crippen molar-refractivity contribution in [2.75, 3.05) is 26.2 Å². The van der Waals surface area contributed by atoms with E-state index in [-0.39, 0.29) is 0 Å². The predicted molar refractivity (Wildman–Crippen MR) is 66.9 cm³/mol. The lowest BCUT2D eigenvalue weighted by Gasteiger charge is -2.32. The first-order chi connectivity index (χ1) is 7.18. The zero-order valence-corrected chi connectivity index (χ0v) is 10.8. The monoisotopic (exact) mass is 244 g/mol. The zero-order valence-electron chi connectivity index (χ0n) is 9.22. The second-order valence-corrected chi connectivity index (χ2v) is 5.71. The minimum atomic E-state index is 0.503. The van der Waals surface area contributed by atoms with Gasteiger partial charge in [0.15, 0.2) is 0 Å². The molecule has 1 fully saturated rings. The molecular weight excluding hydrogens is 228 g/mol. The predicted octanol–water partition coefficient (Wildman–Crippen LogP) is 2.68. The minimum absolute atomic E-state index is 0.503. The normalized spacial score (nSPS) is 20.5. The number of rotatable bonds is 2. The van der Waals surface area contributed by atoms with E-state index in [1.807, 2.05) is 11.3 Å². The van der Waals surface area contributed by atoms with E-state index >= 15 is 0 Å². The molecular formula is C11H17ClN2S. The molecule has 0 bridgehead atoms. The fourth-order valence-electron chi connectivity index (χ4n) is 1.94. The Bertz CT molecular complexity index is 312.